The lowest BCUT2D eigenvalue weighted by atomic mass is 10.0. The van der Waals surface area contributed by atoms with Gasteiger partial charge in [-0.05, 0) is 35.4 Å². The van der Waals surface area contributed by atoms with E-state index in [0.29, 0.717) is 8.95 Å². The smallest absolute Gasteiger partial charge is 0.335 e. The van der Waals surface area contributed by atoms with E-state index in [0.717, 1.165) is 11.1 Å². The second-order valence-electron chi connectivity index (χ2n) is 4.00. The Morgan fingerprint density at radius 1 is 0.750 bits per heavy atom. The molecule has 2 aromatic carbocycles. The van der Waals surface area contributed by atoms with Crippen molar-refractivity contribution in [3.05, 3.63) is 56.5 Å². The Kier molecular flexibility index (Phi) is 4.25. The van der Waals surface area contributed by atoms with Crippen LogP contribution >= 0.6 is 31.9 Å². The second-order valence-corrected chi connectivity index (χ2v) is 5.71. The van der Waals surface area contributed by atoms with Gasteiger partial charge in [-0.25, -0.2) is 9.59 Å². The molecule has 0 saturated heterocycles. The lowest BCUT2D eigenvalue weighted by Gasteiger charge is -2.09. The van der Waals surface area contributed by atoms with E-state index in [1.165, 1.54) is 24.3 Å². The van der Waals surface area contributed by atoms with Gasteiger partial charge in [0.25, 0.3) is 0 Å². The number of aromatic carboxylic acids is 2. The minimum atomic E-state index is -1.00. The van der Waals surface area contributed by atoms with E-state index in [-0.39, 0.29) is 11.1 Å². The summed E-state index contributed by atoms with van der Waals surface area (Å²) in [5.74, 6) is -2.00. The third-order valence-electron chi connectivity index (χ3n) is 2.72. The first-order valence-corrected chi connectivity index (χ1v) is 7.05. The lowest BCUT2D eigenvalue weighted by molar-refractivity contribution is 0.0686. The summed E-state index contributed by atoms with van der Waals surface area (Å²) in [7, 11) is 0. The average Bonchev–Trinajstić information content (AvgIpc) is 2.38. The molecule has 2 N–H and O–H groups in total. The Bertz CT molecular complexity index is 649. The molecular weight excluding hydrogens is 392 g/mol. The molecule has 6 heteroatoms. The fourth-order valence-electron chi connectivity index (χ4n) is 1.73. The first-order chi connectivity index (χ1) is 9.40. The zero-order valence-electron chi connectivity index (χ0n) is 9.93. The van der Waals surface area contributed by atoms with Crippen LogP contribution in [0.5, 0.6) is 0 Å². The van der Waals surface area contributed by atoms with Crippen LogP contribution in [0.2, 0.25) is 0 Å². The molecule has 0 unspecified atom stereocenters. The highest BCUT2D eigenvalue weighted by atomic mass is 79.9. The van der Waals surface area contributed by atoms with Gasteiger partial charge in [0.1, 0.15) is 0 Å². The van der Waals surface area contributed by atoms with Gasteiger partial charge in [-0.1, -0.05) is 44.0 Å². The van der Waals surface area contributed by atoms with Crippen LogP contribution in [-0.4, -0.2) is 22.2 Å². The Hall–Kier alpha value is -1.66. The molecule has 2 rings (SSSR count). The van der Waals surface area contributed by atoms with Crippen LogP contribution in [0.25, 0.3) is 11.1 Å². The molecule has 0 amide bonds. The van der Waals surface area contributed by atoms with Gasteiger partial charge in [0.15, 0.2) is 0 Å². The van der Waals surface area contributed by atoms with Gasteiger partial charge in [-0.2, -0.15) is 0 Å². The molecule has 0 aromatic heterocycles. The molecule has 0 atom stereocenters. The topological polar surface area (TPSA) is 74.6 Å². The highest BCUT2D eigenvalue weighted by molar-refractivity contribution is 9.11. The predicted molar refractivity (Wildman–Crippen MR) is 81.2 cm³/mol. The normalized spacial score (nSPS) is 10.3. The van der Waals surface area contributed by atoms with Crippen LogP contribution in [-0.2, 0) is 0 Å². The van der Waals surface area contributed by atoms with Crippen LogP contribution < -0.4 is 0 Å². The molecule has 20 heavy (non-hydrogen) atoms. The maximum Gasteiger partial charge on any atom is 0.335 e. The van der Waals surface area contributed by atoms with Crippen molar-refractivity contribution in [2.75, 3.05) is 0 Å². The van der Waals surface area contributed by atoms with Gasteiger partial charge in [0.2, 0.25) is 0 Å². The number of carboxylic acids is 2. The molecule has 0 aliphatic carbocycles. The van der Waals surface area contributed by atoms with E-state index in [9.17, 15) is 9.59 Å². The molecule has 0 spiro atoms. The van der Waals surface area contributed by atoms with Crippen LogP contribution in [0.15, 0.2) is 45.3 Å². The Morgan fingerprint density at radius 2 is 1.10 bits per heavy atom. The number of hydrogen-bond acceptors (Lipinski definition) is 2. The lowest BCUT2D eigenvalue weighted by Crippen LogP contribution is -1.98. The first-order valence-electron chi connectivity index (χ1n) is 5.46. The van der Waals surface area contributed by atoms with E-state index < -0.39 is 11.9 Å². The number of carbonyl (C=O) groups is 2. The fourth-order valence-corrected chi connectivity index (χ4v) is 2.92. The molecule has 0 heterocycles. The van der Waals surface area contributed by atoms with Crippen molar-refractivity contribution in [2.45, 2.75) is 0 Å². The van der Waals surface area contributed by atoms with Crippen LogP contribution in [0.1, 0.15) is 20.7 Å². The van der Waals surface area contributed by atoms with Gasteiger partial charge in [-0.15, -0.1) is 0 Å². The molecule has 0 aliphatic rings. The highest BCUT2D eigenvalue weighted by Gasteiger charge is 2.12. The summed E-state index contributed by atoms with van der Waals surface area (Å²) in [6.45, 7) is 0. The molecule has 0 bridgehead atoms. The molecule has 0 fully saturated rings. The van der Waals surface area contributed by atoms with Crippen molar-refractivity contribution in [3.8, 4) is 11.1 Å². The third kappa shape index (κ3) is 2.91. The maximum atomic E-state index is 10.9. The van der Waals surface area contributed by atoms with Crippen molar-refractivity contribution >= 4 is 43.8 Å². The van der Waals surface area contributed by atoms with E-state index in [1.807, 2.05) is 0 Å². The van der Waals surface area contributed by atoms with Crippen molar-refractivity contribution in [2.24, 2.45) is 0 Å². The summed E-state index contributed by atoms with van der Waals surface area (Å²) in [4.78, 5) is 21.8. The average molecular weight is 400 g/mol. The van der Waals surface area contributed by atoms with E-state index >= 15 is 0 Å². The largest absolute Gasteiger partial charge is 0.478 e. The molecule has 102 valence electrons. The molecule has 4 nitrogen and oxygen atoms in total. The zero-order chi connectivity index (χ0) is 14.9. The van der Waals surface area contributed by atoms with Crippen molar-refractivity contribution in [3.63, 3.8) is 0 Å². The summed E-state index contributed by atoms with van der Waals surface area (Å²) >= 11 is 6.67. The Labute approximate surface area is 131 Å². The molecule has 2 aromatic rings. The quantitative estimate of drug-likeness (QED) is 0.807. The van der Waals surface area contributed by atoms with E-state index in [1.54, 1.807) is 12.1 Å². The highest BCUT2D eigenvalue weighted by Crippen LogP contribution is 2.34. The summed E-state index contributed by atoms with van der Waals surface area (Å²) in [6.07, 6.45) is 0. The van der Waals surface area contributed by atoms with Crippen molar-refractivity contribution in [1.29, 1.82) is 0 Å². The van der Waals surface area contributed by atoms with E-state index in [4.69, 9.17) is 10.2 Å². The predicted octanol–water partition coefficient (Wildman–Crippen LogP) is 4.28. The minimum Gasteiger partial charge on any atom is -0.478 e. The minimum absolute atomic E-state index is 0.180. The second kappa shape index (κ2) is 5.76. The number of rotatable bonds is 3. The Morgan fingerprint density at radius 3 is 1.35 bits per heavy atom. The van der Waals surface area contributed by atoms with E-state index in [2.05, 4.69) is 31.9 Å². The molecule has 0 radical (unpaired) electrons. The first kappa shape index (κ1) is 14.7. The standard InChI is InChI=1S/C14H8Br2O4/c15-11-5-7(13(17)18)1-3-9(11)10-4-2-8(14(19)20)6-12(10)16/h1-6H,(H,17,18)(H,19,20). The van der Waals surface area contributed by atoms with Crippen LogP contribution in [0.4, 0.5) is 0 Å². The van der Waals surface area contributed by atoms with Crippen molar-refractivity contribution in [1.82, 2.24) is 0 Å². The molecule has 0 saturated carbocycles. The number of halogens is 2. The fraction of sp³-hybridized carbons (Fsp3) is 0. The van der Waals surface area contributed by atoms with Gasteiger partial charge in [-0.3, -0.25) is 0 Å². The van der Waals surface area contributed by atoms with Gasteiger partial charge in [0, 0.05) is 8.95 Å². The third-order valence-corrected chi connectivity index (χ3v) is 4.03. The van der Waals surface area contributed by atoms with Gasteiger partial charge < -0.3 is 10.2 Å². The van der Waals surface area contributed by atoms with Gasteiger partial charge >= 0.3 is 11.9 Å². The molecule has 0 aliphatic heterocycles. The van der Waals surface area contributed by atoms with Crippen molar-refractivity contribution < 1.29 is 19.8 Å². The molecular formula is C14H8Br2O4. The summed E-state index contributed by atoms with van der Waals surface area (Å²) in [5.41, 5.74) is 1.91. The summed E-state index contributed by atoms with van der Waals surface area (Å²) < 4.78 is 1.25. The number of carboxylic acid groups (broad SMARTS) is 2. The Balaban J connectivity index is 2.52. The number of hydrogen-bond donors (Lipinski definition) is 2. The summed E-state index contributed by atoms with van der Waals surface area (Å²) in [6, 6.07) is 9.37. The van der Waals surface area contributed by atoms with Crippen LogP contribution in [0, 0.1) is 0 Å². The zero-order valence-corrected chi connectivity index (χ0v) is 13.1. The maximum absolute atomic E-state index is 10.9. The number of benzene rings is 2. The van der Waals surface area contributed by atoms with Gasteiger partial charge in [0.05, 0.1) is 11.1 Å². The van der Waals surface area contributed by atoms with Crippen LogP contribution in [0.3, 0.4) is 0 Å². The summed E-state index contributed by atoms with van der Waals surface area (Å²) in [5, 5.41) is 17.9. The SMILES string of the molecule is O=C(O)c1ccc(-c2ccc(C(=O)O)cc2Br)c(Br)c1. The monoisotopic (exact) mass is 398 g/mol.